The van der Waals surface area contributed by atoms with Gasteiger partial charge in [0, 0.05) is 0 Å². The Bertz CT molecular complexity index is 475. The quantitative estimate of drug-likeness (QED) is 0.772. The van der Waals surface area contributed by atoms with E-state index in [4.69, 9.17) is 4.74 Å². The molecule has 1 aliphatic rings. The molecule has 0 aromatic heterocycles. The van der Waals surface area contributed by atoms with Crippen molar-refractivity contribution in [2.24, 2.45) is 0 Å². The maximum atomic E-state index is 12.7. The summed E-state index contributed by atoms with van der Waals surface area (Å²) in [6.45, 7) is 4.73. The number of hydrogen-bond donors (Lipinski definition) is 0. The molecule has 0 N–H and O–H groups in total. The van der Waals surface area contributed by atoms with Crippen LogP contribution in [0.1, 0.15) is 44.6 Å². The third-order valence-electron chi connectivity index (χ3n) is 3.76. The average molecular weight is 338 g/mol. The van der Waals surface area contributed by atoms with Gasteiger partial charge in [0.05, 0.1) is 0 Å². The summed E-state index contributed by atoms with van der Waals surface area (Å²) in [5.74, 6) is -0.0334. The maximum absolute atomic E-state index is 12.7. The summed E-state index contributed by atoms with van der Waals surface area (Å²) in [5, 5.41) is 0. The number of unbranched alkanes of at least 4 members (excludes halogenated alkanes) is 1. The van der Waals surface area contributed by atoms with Crippen molar-refractivity contribution >= 4 is 26.2 Å². The van der Waals surface area contributed by atoms with E-state index in [1.54, 1.807) is 0 Å². The van der Waals surface area contributed by atoms with Crippen molar-refractivity contribution in [3.05, 3.63) is 35.9 Å². The number of carbonyl (C=O) groups is 1. The van der Waals surface area contributed by atoms with Crippen LogP contribution >= 0.6 is 0 Å². The van der Waals surface area contributed by atoms with E-state index in [0.29, 0.717) is 11.3 Å². The van der Waals surface area contributed by atoms with E-state index < -0.39 is 0 Å². The van der Waals surface area contributed by atoms with Crippen molar-refractivity contribution in [2.45, 2.75) is 45.1 Å². The molecule has 20 heavy (non-hydrogen) atoms. The van der Waals surface area contributed by atoms with Crippen LogP contribution in [0.3, 0.4) is 0 Å². The van der Waals surface area contributed by atoms with E-state index in [0.717, 1.165) is 24.8 Å². The summed E-state index contributed by atoms with van der Waals surface area (Å²) >= 11 is 2.88. The minimum atomic E-state index is -0.148. The Morgan fingerprint density at radius 1 is 1.45 bits per heavy atom. The normalized spacial score (nSPS) is 19.8. The van der Waals surface area contributed by atoms with Gasteiger partial charge in [-0.3, -0.25) is 0 Å². The van der Waals surface area contributed by atoms with Crippen LogP contribution in [-0.2, 0) is 9.53 Å². The molecule has 2 atom stereocenters. The van der Waals surface area contributed by atoms with Crippen molar-refractivity contribution < 1.29 is 9.53 Å². The van der Waals surface area contributed by atoms with Crippen LogP contribution in [-0.4, -0.2) is 43.8 Å². The topological polar surface area (TPSA) is 29.5 Å². The first-order valence-corrected chi connectivity index (χ1v) is 8.05. The molecule has 0 spiro atoms. The predicted molar refractivity (Wildman–Crippen MR) is 81.7 cm³/mol. The summed E-state index contributed by atoms with van der Waals surface area (Å²) in [6, 6.07) is 10.1. The first-order chi connectivity index (χ1) is 9.65. The molecule has 1 aromatic rings. The van der Waals surface area contributed by atoms with E-state index in [-0.39, 0.29) is 17.9 Å². The van der Waals surface area contributed by atoms with Gasteiger partial charge in [-0.05, 0) is 0 Å². The molecule has 2 rings (SSSR count). The van der Waals surface area contributed by atoms with Gasteiger partial charge in [-0.15, -0.1) is 0 Å². The molecule has 0 radical (unpaired) electrons. The van der Waals surface area contributed by atoms with Gasteiger partial charge >= 0.3 is 128 Å². The zero-order valence-corrected chi connectivity index (χ0v) is 13.8. The summed E-state index contributed by atoms with van der Waals surface area (Å²) in [5.41, 5.74) is 1.05. The standard InChI is InChI=1S/C16H21NO2Se/c1-3-4-10-14-11-19-16(20)17(14)15(18)12(2)13-8-6-5-7-9-13/h5-9,12,14H,3-4,10-11H2,1-2H3/t12?,14-/m0/s1. The van der Waals surface area contributed by atoms with Crippen molar-refractivity contribution in [3.63, 3.8) is 0 Å². The fourth-order valence-corrected chi connectivity index (χ4v) is 3.12. The second-order valence-electron chi connectivity index (χ2n) is 5.21. The molecular formula is C16H21NO2Se. The van der Waals surface area contributed by atoms with Crippen LogP contribution in [0, 0.1) is 0 Å². The number of hydrogen-bond acceptors (Lipinski definition) is 2. The van der Waals surface area contributed by atoms with E-state index >= 15 is 0 Å². The molecule has 0 aliphatic carbocycles. The van der Waals surface area contributed by atoms with Gasteiger partial charge < -0.3 is 0 Å². The molecule has 4 heteroatoms. The summed E-state index contributed by atoms with van der Waals surface area (Å²) in [6.07, 6.45) is 3.25. The number of benzene rings is 1. The fourth-order valence-electron chi connectivity index (χ4n) is 2.48. The van der Waals surface area contributed by atoms with E-state index in [9.17, 15) is 4.79 Å². The second kappa shape index (κ2) is 7.05. The zero-order valence-electron chi connectivity index (χ0n) is 12.0. The Kier molecular flexibility index (Phi) is 5.38. The Morgan fingerprint density at radius 2 is 2.15 bits per heavy atom. The van der Waals surface area contributed by atoms with Crippen LogP contribution in [0.2, 0.25) is 0 Å². The Labute approximate surface area is 128 Å². The number of nitrogens with zero attached hydrogens (tertiary/aromatic N) is 1. The van der Waals surface area contributed by atoms with Crippen LogP contribution in [0.15, 0.2) is 30.3 Å². The molecule has 1 heterocycles. The van der Waals surface area contributed by atoms with Gasteiger partial charge in [0.1, 0.15) is 0 Å². The summed E-state index contributed by atoms with van der Waals surface area (Å²) in [4.78, 5) is 14.5. The Balaban J connectivity index is 2.11. The van der Waals surface area contributed by atoms with Crippen LogP contribution in [0.25, 0.3) is 0 Å². The molecule has 1 unspecified atom stereocenters. The molecule has 108 valence electrons. The predicted octanol–water partition coefficient (Wildman–Crippen LogP) is 2.46. The van der Waals surface area contributed by atoms with Gasteiger partial charge in [-0.2, -0.15) is 0 Å². The van der Waals surface area contributed by atoms with Gasteiger partial charge in [0.15, 0.2) is 0 Å². The zero-order chi connectivity index (χ0) is 14.5. The number of amides is 1. The van der Waals surface area contributed by atoms with E-state index in [2.05, 4.69) is 22.5 Å². The third kappa shape index (κ3) is 3.31. The molecule has 1 aliphatic heterocycles. The summed E-state index contributed by atoms with van der Waals surface area (Å²) in [7, 11) is 0. The molecule has 0 bridgehead atoms. The number of rotatable bonds is 5. The molecule has 1 aromatic carbocycles. The molecule has 1 amide bonds. The van der Waals surface area contributed by atoms with Crippen molar-refractivity contribution in [1.29, 1.82) is 0 Å². The first-order valence-electron chi connectivity index (χ1n) is 7.20. The van der Waals surface area contributed by atoms with Crippen LogP contribution in [0.5, 0.6) is 0 Å². The van der Waals surface area contributed by atoms with Gasteiger partial charge in [0.2, 0.25) is 0 Å². The van der Waals surface area contributed by atoms with Gasteiger partial charge in [0.25, 0.3) is 0 Å². The molecule has 1 fully saturated rings. The Morgan fingerprint density at radius 3 is 2.80 bits per heavy atom. The second-order valence-corrected chi connectivity index (χ2v) is 5.95. The molecule has 0 saturated carbocycles. The van der Waals surface area contributed by atoms with Crippen LogP contribution in [0.4, 0.5) is 0 Å². The van der Waals surface area contributed by atoms with Crippen molar-refractivity contribution in [2.75, 3.05) is 6.61 Å². The monoisotopic (exact) mass is 339 g/mol. The van der Waals surface area contributed by atoms with E-state index in [1.807, 2.05) is 42.2 Å². The Hall–Kier alpha value is -1.12. The van der Waals surface area contributed by atoms with Gasteiger partial charge in [-0.1, -0.05) is 0 Å². The van der Waals surface area contributed by atoms with Crippen molar-refractivity contribution in [1.82, 2.24) is 4.90 Å². The van der Waals surface area contributed by atoms with E-state index in [1.165, 1.54) is 0 Å². The summed E-state index contributed by atoms with van der Waals surface area (Å²) < 4.78 is 6.17. The SMILES string of the molecule is CCCC[C@H]1COC(=[Se])N1C(=O)C(C)c1ccccc1. The van der Waals surface area contributed by atoms with Gasteiger partial charge in [-0.25, -0.2) is 0 Å². The molecule has 1 saturated heterocycles. The molecule has 3 nitrogen and oxygen atoms in total. The number of carbonyl (C=O) groups excluding carboxylic acids is 1. The minimum absolute atomic E-state index is 0.114. The van der Waals surface area contributed by atoms with Crippen molar-refractivity contribution in [3.8, 4) is 0 Å². The first kappa shape index (κ1) is 15.3. The number of ether oxygens (including phenoxy) is 1. The molecular weight excluding hydrogens is 317 g/mol. The third-order valence-corrected chi connectivity index (χ3v) is 4.42. The fraction of sp³-hybridized carbons (Fsp3) is 0.500. The average Bonchev–Trinajstić information content (AvgIpc) is 2.85. The van der Waals surface area contributed by atoms with Crippen LogP contribution < -0.4 is 0 Å².